The number of imide groups is 1. The zero-order valence-corrected chi connectivity index (χ0v) is 14.9. The van der Waals surface area contributed by atoms with Crippen LogP contribution in [-0.2, 0) is 4.79 Å². The van der Waals surface area contributed by atoms with E-state index in [1.54, 1.807) is 0 Å². The van der Waals surface area contributed by atoms with Crippen LogP contribution in [0.4, 0.5) is 4.79 Å². The van der Waals surface area contributed by atoms with Gasteiger partial charge in [0.2, 0.25) is 0 Å². The van der Waals surface area contributed by atoms with Crippen molar-refractivity contribution in [2.45, 2.75) is 31.2 Å². The summed E-state index contributed by atoms with van der Waals surface area (Å²) in [5, 5.41) is 2.93. The van der Waals surface area contributed by atoms with E-state index in [0.29, 0.717) is 25.3 Å². The van der Waals surface area contributed by atoms with Crippen LogP contribution in [0.25, 0.3) is 0 Å². The van der Waals surface area contributed by atoms with Gasteiger partial charge in [0.25, 0.3) is 11.8 Å². The monoisotopic (exact) mass is 357 g/mol. The lowest BCUT2D eigenvalue weighted by Gasteiger charge is -2.33. The van der Waals surface area contributed by atoms with E-state index in [9.17, 15) is 14.4 Å². The van der Waals surface area contributed by atoms with Crippen LogP contribution in [0, 0.1) is 0 Å². The van der Waals surface area contributed by atoms with Gasteiger partial charge in [-0.05, 0) is 25.0 Å². The minimum Gasteiger partial charge on any atom is -0.327 e. The molecule has 3 fully saturated rings. The Morgan fingerprint density at radius 3 is 2.38 bits per heavy atom. The molecule has 3 aliphatic rings. The van der Waals surface area contributed by atoms with Gasteiger partial charge in [-0.3, -0.25) is 9.59 Å². The molecule has 1 aromatic rings. The number of rotatable bonds is 3. The molecule has 0 atom stereocenters. The molecular weight excluding hydrogens is 332 g/mol. The average molecular weight is 357 g/mol. The van der Waals surface area contributed by atoms with E-state index in [-0.39, 0.29) is 17.8 Å². The highest BCUT2D eigenvalue weighted by Gasteiger charge is 2.53. The topological polar surface area (TPSA) is 74.2 Å². The van der Waals surface area contributed by atoms with E-state index < -0.39 is 5.54 Å². The first-order valence-electron chi connectivity index (χ1n) is 9.41. The van der Waals surface area contributed by atoms with Crippen molar-refractivity contribution in [3.05, 3.63) is 35.9 Å². The number of urea groups is 1. The quantitative estimate of drug-likeness (QED) is 0.739. The molecule has 138 valence electrons. The van der Waals surface area contributed by atoms with Crippen LogP contribution in [0.3, 0.4) is 0 Å². The fraction of sp³-hybridized carbons (Fsp3) is 0.526. The molecule has 0 unspecified atom stereocenters. The summed E-state index contributed by atoms with van der Waals surface area (Å²) in [7, 11) is 0. The lowest BCUT2D eigenvalue weighted by molar-refractivity contribution is -0.911. The highest BCUT2D eigenvalue weighted by Crippen LogP contribution is 2.34. The van der Waals surface area contributed by atoms with Gasteiger partial charge in [-0.15, -0.1) is 0 Å². The zero-order chi connectivity index (χ0) is 18.1. The van der Waals surface area contributed by atoms with Gasteiger partial charge in [0.1, 0.15) is 5.54 Å². The second kappa shape index (κ2) is 6.72. The summed E-state index contributed by atoms with van der Waals surface area (Å²) in [6, 6.07) is 9.03. The molecule has 26 heavy (non-hydrogen) atoms. The fourth-order valence-corrected chi connectivity index (χ4v) is 4.31. The molecule has 4 amide bonds. The summed E-state index contributed by atoms with van der Waals surface area (Å²) in [5.74, 6) is -0.0140. The van der Waals surface area contributed by atoms with Crippen molar-refractivity contribution in [3.8, 4) is 0 Å². The Balaban J connectivity index is 1.33. The molecule has 1 spiro atoms. The minimum absolute atomic E-state index is 0.0459. The first-order chi connectivity index (χ1) is 12.6. The van der Waals surface area contributed by atoms with Crippen molar-refractivity contribution in [1.29, 1.82) is 0 Å². The molecule has 2 saturated heterocycles. The predicted octanol–water partition coefficient (Wildman–Crippen LogP) is -0.151. The molecule has 7 nitrogen and oxygen atoms in total. The molecular formula is C19H25N4O3+. The maximum atomic E-state index is 12.7. The normalized spacial score (nSPS) is 22.9. The smallest absolute Gasteiger partial charge is 0.327 e. The third kappa shape index (κ3) is 2.96. The van der Waals surface area contributed by atoms with Crippen molar-refractivity contribution < 1.29 is 19.3 Å². The van der Waals surface area contributed by atoms with E-state index in [4.69, 9.17) is 0 Å². The number of carbonyl (C=O) groups is 3. The van der Waals surface area contributed by atoms with Gasteiger partial charge in [-0.1, -0.05) is 31.0 Å². The third-order valence-electron chi connectivity index (χ3n) is 5.86. The molecule has 1 aromatic carbocycles. The number of nitrogens with zero attached hydrogens (tertiary/aromatic N) is 2. The highest BCUT2D eigenvalue weighted by molar-refractivity contribution is 6.07. The van der Waals surface area contributed by atoms with Crippen LogP contribution < -0.4 is 10.2 Å². The summed E-state index contributed by atoms with van der Waals surface area (Å²) in [6.07, 6.45) is 3.49. The number of piperazine rings is 1. The molecule has 2 heterocycles. The van der Waals surface area contributed by atoms with E-state index in [1.807, 2.05) is 35.2 Å². The van der Waals surface area contributed by atoms with Crippen molar-refractivity contribution in [2.75, 3.05) is 32.8 Å². The van der Waals surface area contributed by atoms with Crippen LogP contribution in [0.15, 0.2) is 30.3 Å². The summed E-state index contributed by atoms with van der Waals surface area (Å²) < 4.78 is 0. The van der Waals surface area contributed by atoms with Crippen molar-refractivity contribution in [3.63, 3.8) is 0 Å². The van der Waals surface area contributed by atoms with Crippen LogP contribution in [0.2, 0.25) is 0 Å². The predicted molar refractivity (Wildman–Crippen MR) is 94.5 cm³/mol. The SMILES string of the molecule is O=C(c1ccccc1)N1CC[NH+](CN2C(=O)NC3(CCCC3)C2=O)CC1. The second-order valence-corrected chi connectivity index (χ2v) is 7.52. The lowest BCUT2D eigenvalue weighted by atomic mass is 9.98. The maximum absolute atomic E-state index is 12.7. The number of benzene rings is 1. The highest BCUT2D eigenvalue weighted by atomic mass is 16.2. The molecule has 4 rings (SSSR count). The minimum atomic E-state index is -0.637. The number of hydrogen-bond donors (Lipinski definition) is 2. The Kier molecular flexibility index (Phi) is 4.40. The molecule has 0 aromatic heterocycles. The lowest BCUT2D eigenvalue weighted by Crippen LogP contribution is -3.16. The van der Waals surface area contributed by atoms with Crippen LogP contribution in [-0.4, -0.2) is 66.0 Å². The van der Waals surface area contributed by atoms with Crippen molar-refractivity contribution in [2.24, 2.45) is 0 Å². The number of carbonyl (C=O) groups excluding carboxylic acids is 3. The van der Waals surface area contributed by atoms with Gasteiger partial charge >= 0.3 is 6.03 Å². The van der Waals surface area contributed by atoms with Gasteiger partial charge in [-0.2, -0.15) is 0 Å². The summed E-state index contributed by atoms with van der Waals surface area (Å²) in [5.41, 5.74) is 0.0648. The zero-order valence-electron chi connectivity index (χ0n) is 14.9. The van der Waals surface area contributed by atoms with E-state index in [2.05, 4.69) is 5.32 Å². The van der Waals surface area contributed by atoms with E-state index in [0.717, 1.165) is 38.8 Å². The summed E-state index contributed by atoms with van der Waals surface area (Å²) in [6.45, 7) is 3.14. The molecule has 1 saturated carbocycles. The Bertz CT molecular complexity index is 707. The summed E-state index contributed by atoms with van der Waals surface area (Å²) in [4.78, 5) is 41.9. The first-order valence-corrected chi connectivity index (χ1v) is 9.41. The molecule has 0 radical (unpaired) electrons. The third-order valence-corrected chi connectivity index (χ3v) is 5.86. The van der Waals surface area contributed by atoms with Crippen molar-refractivity contribution in [1.82, 2.24) is 15.1 Å². The average Bonchev–Trinajstić information content (AvgIpc) is 3.23. The van der Waals surface area contributed by atoms with E-state index in [1.165, 1.54) is 9.80 Å². The molecule has 2 N–H and O–H groups in total. The van der Waals surface area contributed by atoms with Gasteiger partial charge < -0.3 is 15.1 Å². The Labute approximate surface area is 152 Å². The van der Waals surface area contributed by atoms with E-state index >= 15 is 0 Å². The molecule has 2 aliphatic heterocycles. The fourth-order valence-electron chi connectivity index (χ4n) is 4.31. The van der Waals surface area contributed by atoms with Crippen LogP contribution in [0.1, 0.15) is 36.0 Å². The van der Waals surface area contributed by atoms with Crippen LogP contribution >= 0.6 is 0 Å². The number of hydrogen-bond acceptors (Lipinski definition) is 3. The Morgan fingerprint density at radius 1 is 1.08 bits per heavy atom. The van der Waals surface area contributed by atoms with Crippen LogP contribution in [0.5, 0.6) is 0 Å². The van der Waals surface area contributed by atoms with Gasteiger partial charge in [0.15, 0.2) is 6.67 Å². The number of amides is 4. The Hall–Kier alpha value is -2.41. The molecule has 0 bridgehead atoms. The summed E-state index contributed by atoms with van der Waals surface area (Å²) >= 11 is 0. The van der Waals surface area contributed by atoms with Gasteiger partial charge in [-0.25, -0.2) is 9.69 Å². The first kappa shape index (κ1) is 17.0. The largest absolute Gasteiger partial charge is 0.329 e. The standard InChI is InChI=1S/C19H24N4O3/c24-16(15-6-2-1-3-7-15)22-12-10-21(11-13-22)14-23-17(25)19(20-18(23)26)8-4-5-9-19/h1-3,6-7H,4-5,8-14H2,(H,20,26)/p+1. The number of quaternary nitrogens is 1. The maximum Gasteiger partial charge on any atom is 0.329 e. The second-order valence-electron chi connectivity index (χ2n) is 7.52. The van der Waals surface area contributed by atoms with Gasteiger partial charge in [0, 0.05) is 5.56 Å². The van der Waals surface area contributed by atoms with Crippen molar-refractivity contribution >= 4 is 17.8 Å². The molecule has 1 aliphatic carbocycles. The number of nitrogens with one attached hydrogen (secondary N) is 2. The van der Waals surface area contributed by atoms with Gasteiger partial charge in [0.05, 0.1) is 26.2 Å². The Morgan fingerprint density at radius 2 is 1.73 bits per heavy atom. The molecule has 7 heteroatoms.